The van der Waals surface area contributed by atoms with Gasteiger partial charge < -0.3 is 9.73 Å². The SMILES string of the molecule is CC(CC(=O)Nc1cc(C(F)(F)F)ccc1Cl)=NNC(=O)c1ccco1. The van der Waals surface area contributed by atoms with Gasteiger partial charge in [-0.2, -0.15) is 18.3 Å². The molecule has 26 heavy (non-hydrogen) atoms. The molecule has 2 N–H and O–H groups in total. The van der Waals surface area contributed by atoms with Crippen LogP contribution in [0.5, 0.6) is 0 Å². The van der Waals surface area contributed by atoms with E-state index in [0.717, 1.165) is 18.2 Å². The Morgan fingerprint density at radius 1 is 1.27 bits per heavy atom. The lowest BCUT2D eigenvalue weighted by Crippen LogP contribution is -2.21. The second kappa shape index (κ2) is 8.05. The second-order valence-electron chi connectivity index (χ2n) is 5.18. The number of amides is 2. The number of anilines is 1. The molecule has 0 spiro atoms. The van der Waals surface area contributed by atoms with Crippen LogP contribution in [-0.2, 0) is 11.0 Å². The van der Waals surface area contributed by atoms with Crippen LogP contribution in [0.2, 0.25) is 5.02 Å². The van der Waals surface area contributed by atoms with E-state index in [2.05, 4.69) is 15.8 Å². The molecule has 0 aliphatic rings. The quantitative estimate of drug-likeness (QED) is 0.598. The Labute approximate surface area is 151 Å². The van der Waals surface area contributed by atoms with Crippen molar-refractivity contribution in [3.8, 4) is 0 Å². The van der Waals surface area contributed by atoms with Crippen LogP contribution in [0.4, 0.5) is 18.9 Å². The number of hydrogen-bond donors (Lipinski definition) is 2. The van der Waals surface area contributed by atoms with Gasteiger partial charge >= 0.3 is 12.1 Å². The summed E-state index contributed by atoms with van der Waals surface area (Å²) in [4.78, 5) is 23.6. The number of carbonyl (C=O) groups excluding carboxylic acids is 2. The van der Waals surface area contributed by atoms with Gasteiger partial charge in [0.15, 0.2) is 5.76 Å². The molecule has 2 amide bonds. The lowest BCUT2D eigenvalue weighted by molar-refractivity contribution is -0.137. The molecule has 0 saturated carbocycles. The van der Waals surface area contributed by atoms with E-state index in [4.69, 9.17) is 16.0 Å². The van der Waals surface area contributed by atoms with E-state index >= 15 is 0 Å². The van der Waals surface area contributed by atoms with Gasteiger partial charge in [-0.3, -0.25) is 9.59 Å². The fourth-order valence-corrected chi connectivity index (χ4v) is 2.04. The molecule has 138 valence electrons. The maximum Gasteiger partial charge on any atom is 0.416 e. The first-order chi connectivity index (χ1) is 12.2. The van der Waals surface area contributed by atoms with Crippen molar-refractivity contribution >= 4 is 34.8 Å². The fraction of sp³-hybridized carbons (Fsp3) is 0.188. The van der Waals surface area contributed by atoms with Crippen LogP contribution in [0.3, 0.4) is 0 Å². The van der Waals surface area contributed by atoms with E-state index in [1.54, 1.807) is 0 Å². The molecule has 0 fully saturated rings. The van der Waals surface area contributed by atoms with Gasteiger partial charge in [0, 0.05) is 5.71 Å². The van der Waals surface area contributed by atoms with Crippen LogP contribution >= 0.6 is 11.6 Å². The third kappa shape index (κ3) is 5.35. The van der Waals surface area contributed by atoms with Crippen molar-refractivity contribution in [2.45, 2.75) is 19.5 Å². The molecule has 0 unspecified atom stereocenters. The number of nitrogens with zero attached hydrogens (tertiary/aromatic N) is 1. The average Bonchev–Trinajstić information content (AvgIpc) is 3.08. The number of halogens is 4. The van der Waals surface area contributed by atoms with E-state index in [9.17, 15) is 22.8 Å². The van der Waals surface area contributed by atoms with E-state index in [1.807, 2.05) is 0 Å². The highest BCUT2D eigenvalue weighted by atomic mass is 35.5. The molecule has 0 aliphatic heterocycles. The zero-order chi connectivity index (χ0) is 19.3. The summed E-state index contributed by atoms with van der Waals surface area (Å²) < 4.78 is 43.0. The van der Waals surface area contributed by atoms with Gasteiger partial charge in [0.2, 0.25) is 5.91 Å². The Bertz CT molecular complexity index is 833. The predicted molar refractivity (Wildman–Crippen MR) is 89.0 cm³/mol. The first-order valence-electron chi connectivity index (χ1n) is 7.20. The van der Waals surface area contributed by atoms with Gasteiger partial charge in [0.05, 0.1) is 29.0 Å². The third-order valence-corrected chi connectivity index (χ3v) is 3.41. The number of carbonyl (C=O) groups is 2. The molecule has 1 aromatic heterocycles. The zero-order valence-electron chi connectivity index (χ0n) is 13.4. The van der Waals surface area contributed by atoms with E-state index in [0.29, 0.717) is 0 Å². The molecule has 2 rings (SSSR count). The van der Waals surface area contributed by atoms with Crippen molar-refractivity contribution in [2.24, 2.45) is 5.10 Å². The topological polar surface area (TPSA) is 83.7 Å². The number of alkyl halides is 3. The van der Waals surface area contributed by atoms with Gasteiger partial charge in [0.1, 0.15) is 0 Å². The first kappa shape index (κ1) is 19.5. The van der Waals surface area contributed by atoms with Crippen molar-refractivity contribution in [3.05, 3.63) is 52.9 Å². The molecule has 0 aliphatic carbocycles. The van der Waals surface area contributed by atoms with Crippen LogP contribution < -0.4 is 10.7 Å². The summed E-state index contributed by atoms with van der Waals surface area (Å²) in [6, 6.07) is 5.56. The van der Waals surface area contributed by atoms with Crippen LogP contribution in [0.1, 0.15) is 29.5 Å². The Hall–Kier alpha value is -2.81. The van der Waals surface area contributed by atoms with E-state index < -0.39 is 23.6 Å². The summed E-state index contributed by atoms with van der Waals surface area (Å²) in [6.07, 6.45) is -3.50. The monoisotopic (exact) mass is 387 g/mol. The predicted octanol–water partition coefficient (Wildman–Crippen LogP) is 4.09. The number of benzene rings is 1. The summed E-state index contributed by atoms with van der Waals surface area (Å²) in [6.45, 7) is 1.47. The Morgan fingerprint density at radius 2 is 2.00 bits per heavy atom. The molecule has 0 radical (unpaired) electrons. The largest absolute Gasteiger partial charge is 0.459 e. The molecular formula is C16H13ClF3N3O3. The Morgan fingerprint density at radius 3 is 2.62 bits per heavy atom. The van der Waals surface area contributed by atoms with Crippen LogP contribution in [0, 0.1) is 0 Å². The number of hydrazone groups is 1. The molecule has 10 heteroatoms. The summed E-state index contributed by atoms with van der Waals surface area (Å²) in [5, 5.41) is 5.97. The van der Waals surface area contributed by atoms with Crippen molar-refractivity contribution in [1.82, 2.24) is 5.43 Å². The van der Waals surface area contributed by atoms with E-state index in [1.165, 1.54) is 25.3 Å². The molecular weight excluding hydrogens is 375 g/mol. The van der Waals surface area contributed by atoms with Crippen molar-refractivity contribution < 1.29 is 27.2 Å². The van der Waals surface area contributed by atoms with Crippen molar-refractivity contribution in [1.29, 1.82) is 0 Å². The third-order valence-electron chi connectivity index (χ3n) is 3.08. The van der Waals surface area contributed by atoms with Gasteiger partial charge in [-0.25, -0.2) is 5.43 Å². The number of rotatable bonds is 5. The average molecular weight is 388 g/mol. The molecule has 2 aromatic rings. The van der Waals surface area contributed by atoms with Crippen LogP contribution in [0.25, 0.3) is 0 Å². The maximum absolute atomic E-state index is 12.7. The highest BCUT2D eigenvalue weighted by Crippen LogP contribution is 2.33. The molecule has 6 nitrogen and oxygen atoms in total. The fourth-order valence-electron chi connectivity index (χ4n) is 1.87. The van der Waals surface area contributed by atoms with Gasteiger partial charge in [-0.05, 0) is 37.3 Å². The van der Waals surface area contributed by atoms with Gasteiger partial charge in [-0.1, -0.05) is 11.6 Å². The first-order valence-corrected chi connectivity index (χ1v) is 7.58. The highest BCUT2D eigenvalue weighted by Gasteiger charge is 2.31. The van der Waals surface area contributed by atoms with Crippen molar-refractivity contribution in [2.75, 3.05) is 5.32 Å². The molecule has 1 aromatic carbocycles. The van der Waals surface area contributed by atoms with E-state index in [-0.39, 0.29) is 28.6 Å². The summed E-state index contributed by atoms with van der Waals surface area (Å²) in [7, 11) is 0. The van der Waals surface area contributed by atoms with Crippen LogP contribution in [0.15, 0.2) is 46.1 Å². The molecule has 0 saturated heterocycles. The molecule has 0 atom stereocenters. The minimum absolute atomic E-state index is 0.0351. The number of furan rings is 1. The van der Waals surface area contributed by atoms with Gasteiger partial charge in [0.25, 0.3) is 0 Å². The smallest absolute Gasteiger partial charge is 0.416 e. The standard InChI is InChI=1S/C16H13ClF3N3O3/c1-9(22-23-15(25)13-3-2-6-26-13)7-14(24)21-12-8-10(16(18,19)20)4-5-11(12)17/h2-6,8H,7H2,1H3,(H,21,24)(H,23,25). The summed E-state index contributed by atoms with van der Waals surface area (Å²) >= 11 is 5.81. The summed E-state index contributed by atoms with van der Waals surface area (Å²) in [5.41, 5.74) is 1.32. The minimum atomic E-state index is -4.56. The normalized spacial score (nSPS) is 12.0. The van der Waals surface area contributed by atoms with Crippen LogP contribution in [-0.4, -0.2) is 17.5 Å². The lowest BCUT2D eigenvalue weighted by Gasteiger charge is -2.11. The maximum atomic E-state index is 12.7. The number of hydrogen-bond acceptors (Lipinski definition) is 4. The molecule has 1 heterocycles. The second-order valence-corrected chi connectivity index (χ2v) is 5.59. The van der Waals surface area contributed by atoms with Gasteiger partial charge in [-0.15, -0.1) is 0 Å². The summed E-state index contributed by atoms with van der Waals surface area (Å²) in [5.74, 6) is -1.20. The van der Waals surface area contributed by atoms with Crippen molar-refractivity contribution in [3.63, 3.8) is 0 Å². The Kier molecular flexibility index (Phi) is 6.04. The molecule has 0 bridgehead atoms. The highest BCUT2D eigenvalue weighted by molar-refractivity contribution is 6.33. The lowest BCUT2D eigenvalue weighted by atomic mass is 10.2. The Balaban J connectivity index is 1.97. The number of nitrogens with one attached hydrogen (secondary N) is 2. The minimum Gasteiger partial charge on any atom is -0.459 e. The zero-order valence-corrected chi connectivity index (χ0v) is 14.1.